The number of guanidine groups is 1. The molecule has 0 unspecified atom stereocenters. The van der Waals surface area contributed by atoms with Crippen LogP contribution in [-0.4, -0.2) is 21.6 Å². The Kier molecular flexibility index (Phi) is 6.87. The molecule has 14 heteroatoms. The van der Waals surface area contributed by atoms with Crippen molar-refractivity contribution in [3.63, 3.8) is 0 Å². The van der Waals surface area contributed by atoms with Crippen molar-refractivity contribution in [3.05, 3.63) is 76.2 Å². The maximum Gasteiger partial charge on any atom is 0.435 e. The average molecular weight is 508 g/mol. The number of anilines is 1. The molecule has 0 fully saturated rings. The molecule has 34 heavy (non-hydrogen) atoms. The number of aromatic nitrogens is 2. The number of nitrogens with zero attached hydrogens (tertiary/aromatic N) is 3. The molecule has 0 saturated carbocycles. The highest BCUT2D eigenvalue weighted by molar-refractivity contribution is 6.31. The van der Waals surface area contributed by atoms with E-state index < -0.39 is 41.3 Å². The number of alkyl halides is 6. The second-order valence-corrected chi connectivity index (χ2v) is 7.22. The van der Waals surface area contributed by atoms with Gasteiger partial charge in [0.2, 0.25) is 5.96 Å². The van der Waals surface area contributed by atoms with Crippen LogP contribution in [0.15, 0.2) is 53.5 Å². The van der Waals surface area contributed by atoms with Gasteiger partial charge in [-0.25, -0.2) is 4.39 Å². The maximum atomic E-state index is 13.7. The van der Waals surface area contributed by atoms with Crippen LogP contribution in [0.1, 0.15) is 21.6 Å². The van der Waals surface area contributed by atoms with Crippen molar-refractivity contribution in [2.45, 2.75) is 12.4 Å². The summed E-state index contributed by atoms with van der Waals surface area (Å²) in [5, 5.41) is 8.01. The smallest absolute Gasteiger partial charge is 0.325 e. The van der Waals surface area contributed by atoms with Gasteiger partial charge in [0.1, 0.15) is 5.82 Å². The van der Waals surface area contributed by atoms with Crippen LogP contribution in [0.4, 0.5) is 42.2 Å². The Balaban J connectivity index is 1.95. The highest BCUT2D eigenvalue weighted by atomic mass is 35.5. The summed E-state index contributed by atoms with van der Waals surface area (Å²) in [5.74, 6) is -2.52. The van der Waals surface area contributed by atoms with Gasteiger partial charge in [-0.1, -0.05) is 11.6 Å². The van der Waals surface area contributed by atoms with Gasteiger partial charge in [0.05, 0.1) is 5.56 Å². The molecule has 1 heterocycles. The molecule has 1 aromatic heterocycles. The number of aliphatic imine (C=N–C) groups is 1. The largest absolute Gasteiger partial charge is 0.435 e. The van der Waals surface area contributed by atoms with Crippen LogP contribution in [0.2, 0.25) is 5.02 Å². The fourth-order valence-electron chi connectivity index (χ4n) is 2.66. The molecule has 0 aliphatic rings. The molecule has 6 nitrogen and oxygen atoms in total. The van der Waals surface area contributed by atoms with E-state index in [1.54, 1.807) is 0 Å². The van der Waals surface area contributed by atoms with Crippen molar-refractivity contribution >= 4 is 35.0 Å². The second-order valence-electron chi connectivity index (χ2n) is 6.78. The summed E-state index contributed by atoms with van der Waals surface area (Å²) in [7, 11) is 1.17. The molecule has 180 valence electrons. The van der Waals surface area contributed by atoms with E-state index in [2.05, 4.69) is 20.7 Å². The van der Waals surface area contributed by atoms with E-state index in [0.717, 1.165) is 28.9 Å². The van der Waals surface area contributed by atoms with E-state index in [1.807, 2.05) is 0 Å². The van der Waals surface area contributed by atoms with E-state index in [1.165, 1.54) is 13.1 Å². The molecule has 2 aromatic carbocycles. The summed E-state index contributed by atoms with van der Waals surface area (Å²) in [6, 6.07) is 6.97. The Morgan fingerprint density at radius 2 is 1.65 bits per heavy atom. The zero-order valence-electron chi connectivity index (χ0n) is 16.9. The molecular weight excluding hydrogens is 495 g/mol. The maximum absolute atomic E-state index is 13.7. The highest BCUT2D eigenvalue weighted by Gasteiger charge is 2.34. The lowest BCUT2D eigenvalue weighted by molar-refractivity contribution is -0.141. The van der Waals surface area contributed by atoms with Crippen LogP contribution in [0.5, 0.6) is 0 Å². The van der Waals surface area contributed by atoms with Crippen LogP contribution >= 0.6 is 11.6 Å². The first kappa shape index (κ1) is 25.0. The Labute approximate surface area is 192 Å². The quantitative estimate of drug-likeness (QED) is 0.268. The zero-order valence-corrected chi connectivity index (χ0v) is 17.6. The topological polar surface area (TPSA) is 71.3 Å². The molecule has 0 atom stereocenters. The Bertz CT molecular complexity index is 1210. The molecule has 0 spiro atoms. The number of benzene rings is 2. The first-order valence-corrected chi connectivity index (χ1v) is 9.52. The molecule has 2 N–H and O–H groups in total. The predicted molar refractivity (Wildman–Crippen MR) is 109 cm³/mol. The minimum absolute atomic E-state index is 0.0188. The molecule has 0 bridgehead atoms. The number of hydrogen-bond acceptors (Lipinski definition) is 3. The zero-order chi connectivity index (χ0) is 25.3. The molecule has 3 rings (SSSR count). The highest BCUT2D eigenvalue weighted by Crippen LogP contribution is 2.31. The number of carbonyl (C=O) groups excluding carboxylic acids is 1. The van der Waals surface area contributed by atoms with Gasteiger partial charge in [0.15, 0.2) is 11.5 Å². The first-order chi connectivity index (χ1) is 15.7. The molecule has 0 saturated heterocycles. The van der Waals surface area contributed by atoms with Gasteiger partial charge in [-0.15, -0.1) is 0 Å². The van der Waals surface area contributed by atoms with Crippen molar-refractivity contribution in [2.24, 2.45) is 12.0 Å². The Hall–Kier alpha value is -3.61. The lowest BCUT2D eigenvalue weighted by Crippen LogP contribution is -2.36. The van der Waals surface area contributed by atoms with Gasteiger partial charge in [-0.2, -0.15) is 36.4 Å². The van der Waals surface area contributed by atoms with Crippen molar-refractivity contribution in [1.29, 1.82) is 0 Å². The van der Waals surface area contributed by atoms with E-state index in [4.69, 9.17) is 11.6 Å². The van der Waals surface area contributed by atoms with Crippen LogP contribution < -0.4 is 10.6 Å². The third-order valence-electron chi connectivity index (χ3n) is 4.20. The van der Waals surface area contributed by atoms with Gasteiger partial charge in [-0.3, -0.25) is 14.8 Å². The predicted octanol–water partition coefficient (Wildman–Crippen LogP) is 5.78. The van der Waals surface area contributed by atoms with Gasteiger partial charge >= 0.3 is 12.4 Å². The summed E-state index contributed by atoms with van der Waals surface area (Å²) in [6.45, 7) is 0. The first-order valence-electron chi connectivity index (χ1n) is 9.14. The third-order valence-corrected chi connectivity index (χ3v) is 4.42. The van der Waals surface area contributed by atoms with E-state index in [9.17, 15) is 35.5 Å². The summed E-state index contributed by atoms with van der Waals surface area (Å²) < 4.78 is 91.6. The van der Waals surface area contributed by atoms with Crippen molar-refractivity contribution < 1.29 is 35.5 Å². The van der Waals surface area contributed by atoms with Gasteiger partial charge in [-0.05, 0) is 42.5 Å². The monoisotopic (exact) mass is 507 g/mol. The van der Waals surface area contributed by atoms with Crippen LogP contribution in [0.25, 0.3) is 0 Å². The number of nitrogens with one attached hydrogen (secondary N) is 2. The minimum Gasteiger partial charge on any atom is -0.325 e. The summed E-state index contributed by atoms with van der Waals surface area (Å²) >= 11 is 5.79. The Morgan fingerprint density at radius 3 is 2.18 bits per heavy atom. The lowest BCUT2D eigenvalue weighted by atomic mass is 10.1. The lowest BCUT2D eigenvalue weighted by Gasteiger charge is -2.13. The fraction of sp³-hybridized carbons (Fsp3) is 0.150. The molecule has 1 amide bonds. The van der Waals surface area contributed by atoms with E-state index >= 15 is 0 Å². The normalized spacial score (nSPS) is 12.6. The van der Waals surface area contributed by atoms with Crippen molar-refractivity contribution in [3.8, 4) is 0 Å². The number of carbonyl (C=O) groups is 1. The van der Waals surface area contributed by atoms with E-state index in [-0.39, 0.29) is 22.1 Å². The van der Waals surface area contributed by atoms with Crippen LogP contribution in [-0.2, 0) is 19.4 Å². The van der Waals surface area contributed by atoms with Crippen molar-refractivity contribution in [2.75, 3.05) is 5.32 Å². The minimum atomic E-state index is -4.77. The molecule has 0 radical (unpaired) electrons. The van der Waals surface area contributed by atoms with Gasteiger partial charge in [0.25, 0.3) is 5.91 Å². The average Bonchev–Trinajstić information content (AvgIpc) is 3.07. The summed E-state index contributed by atoms with van der Waals surface area (Å²) in [5.41, 5.74) is -2.47. The van der Waals surface area contributed by atoms with Crippen molar-refractivity contribution in [1.82, 2.24) is 15.1 Å². The number of amides is 1. The molecule has 0 aliphatic heterocycles. The molecular formula is C20H13ClF7N5O. The summed E-state index contributed by atoms with van der Waals surface area (Å²) in [6.07, 6.45) is -9.38. The third kappa shape index (κ3) is 6.25. The number of halogens is 8. The van der Waals surface area contributed by atoms with E-state index in [0.29, 0.717) is 18.2 Å². The number of hydrogen-bond donors (Lipinski definition) is 2. The molecule has 3 aromatic rings. The van der Waals surface area contributed by atoms with Crippen LogP contribution in [0, 0.1) is 5.82 Å². The molecule has 0 aliphatic carbocycles. The SMILES string of the molecule is Cn1nc(C(F)(F)F)cc1/N=C(\NC(=O)c1ccc(C(F)(F)F)cc1)Nc1cc(F)cc(Cl)c1. The number of rotatable bonds is 3. The van der Waals surface area contributed by atoms with Crippen LogP contribution in [0.3, 0.4) is 0 Å². The summed E-state index contributed by atoms with van der Waals surface area (Å²) in [4.78, 5) is 16.5. The van der Waals surface area contributed by atoms with Gasteiger partial charge < -0.3 is 5.32 Å². The number of aryl methyl sites for hydroxylation is 1. The standard InChI is InChI=1S/C20H13ClF7N5O/c1-33-16(9-15(32-33)20(26,27)28)30-18(29-14-7-12(21)6-13(22)8-14)31-17(34)10-2-4-11(5-3-10)19(23,24)25/h2-9H,1H3,(H2,29,30,31,34). The fourth-order valence-corrected chi connectivity index (χ4v) is 2.88. The second kappa shape index (κ2) is 9.33. The van der Waals surface area contributed by atoms with Gasteiger partial charge in [0, 0.05) is 29.4 Å². The Morgan fingerprint density at radius 1 is 1.00 bits per heavy atom.